The van der Waals surface area contributed by atoms with E-state index in [1.165, 1.54) is 11.3 Å². The van der Waals surface area contributed by atoms with Crippen LogP contribution in [-0.4, -0.2) is 35.2 Å². The molecule has 1 aromatic carbocycles. The molecule has 0 spiro atoms. The Kier molecular flexibility index (Phi) is 4.31. The Balaban J connectivity index is 1.22. The molecule has 1 aliphatic carbocycles. The van der Waals surface area contributed by atoms with E-state index in [-0.39, 0.29) is 24.6 Å². The summed E-state index contributed by atoms with van der Waals surface area (Å²) in [6.45, 7) is 1.28. The average Bonchev–Trinajstić information content (AvgIpc) is 3.24. The van der Waals surface area contributed by atoms with Crippen molar-refractivity contribution in [2.24, 2.45) is 5.92 Å². The Hall–Kier alpha value is -2.81. The monoisotopic (exact) mass is 400 g/mol. The van der Waals surface area contributed by atoms with Crippen molar-refractivity contribution >= 4 is 34.1 Å². The SMILES string of the molecule is O=C(Nc1nc2c(s1)CN(C(=O)Nc1ccc3c(c1)OCO3)CC2)C1CCC1. The first-order chi connectivity index (χ1) is 13.7. The molecule has 5 rings (SSSR count). The molecule has 2 N–H and O–H groups in total. The van der Waals surface area contributed by atoms with Crippen LogP contribution in [-0.2, 0) is 17.8 Å². The van der Waals surface area contributed by atoms with Crippen molar-refractivity contribution in [3.8, 4) is 11.5 Å². The molecule has 3 amide bonds. The maximum atomic E-state index is 12.7. The van der Waals surface area contributed by atoms with Crippen molar-refractivity contribution < 1.29 is 19.1 Å². The van der Waals surface area contributed by atoms with E-state index >= 15 is 0 Å². The molecule has 146 valence electrons. The van der Waals surface area contributed by atoms with Gasteiger partial charge in [0.1, 0.15) is 0 Å². The van der Waals surface area contributed by atoms with Crippen LogP contribution < -0.4 is 20.1 Å². The van der Waals surface area contributed by atoms with Gasteiger partial charge in [-0.15, -0.1) is 0 Å². The minimum atomic E-state index is -0.169. The molecule has 3 aliphatic rings. The van der Waals surface area contributed by atoms with Gasteiger partial charge < -0.3 is 25.0 Å². The van der Waals surface area contributed by atoms with Crippen molar-refractivity contribution in [3.05, 3.63) is 28.8 Å². The van der Waals surface area contributed by atoms with E-state index < -0.39 is 0 Å². The summed E-state index contributed by atoms with van der Waals surface area (Å²) in [6.07, 6.45) is 3.73. The summed E-state index contributed by atoms with van der Waals surface area (Å²) >= 11 is 1.46. The largest absolute Gasteiger partial charge is 0.454 e. The standard InChI is InChI=1S/C19H20N4O4S/c24-17(11-2-1-3-11)22-18-21-13-6-7-23(9-16(13)28-18)19(25)20-12-4-5-14-15(8-12)27-10-26-14/h4-5,8,11H,1-3,6-7,9-10H2,(H,20,25)(H,21,22,24). The highest BCUT2D eigenvalue weighted by atomic mass is 32.1. The third-order valence-electron chi connectivity index (χ3n) is 5.35. The zero-order valence-corrected chi connectivity index (χ0v) is 16.0. The number of ether oxygens (including phenoxy) is 2. The third-order valence-corrected chi connectivity index (χ3v) is 6.35. The lowest BCUT2D eigenvalue weighted by atomic mass is 9.85. The predicted molar refractivity (Wildman–Crippen MR) is 104 cm³/mol. The normalized spacial score (nSPS) is 17.6. The molecule has 0 unspecified atom stereocenters. The number of fused-ring (bicyclic) bond motifs is 2. The van der Waals surface area contributed by atoms with Crippen molar-refractivity contribution in [3.63, 3.8) is 0 Å². The zero-order valence-electron chi connectivity index (χ0n) is 15.2. The van der Waals surface area contributed by atoms with Gasteiger partial charge in [0.05, 0.1) is 12.2 Å². The first-order valence-corrected chi connectivity index (χ1v) is 10.2. The number of benzene rings is 1. The van der Waals surface area contributed by atoms with Crippen LogP contribution in [0.2, 0.25) is 0 Å². The minimum Gasteiger partial charge on any atom is -0.454 e. The maximum absolute atomic E-state index is 12.7. The molecule has 0 radical (unpaired) electrons. The number of thiazole rings is 1. The van der Waals surface area contributed by atoms with E-state index in [4.69, 9.17) is 9.47 Å². The molecule has 2 aliphatic heterocycles. The summed E-state index contributed by atoms with van der Waals surface area (Å²) in [5.74, 6) is 1.51. The smallest absolute Gasteiger partial charge is 0.322 e. The second-order valence-electron chi connectivity index (χ2n) is 7.18. The molecule has 1 saturated carbocycles. The second-order valence-corrected chi connectivity index (χ2v) is 8.26. The maximum Gasteiger partial charge on any atom is 0.322 e. The summed E-state index contributed by atoms with van der Waals surface area (Å²) in [7, 11) is 0. The van der Waals surface area contributed by atoms with Gasteiger partial charge >= 0.3 is 6.03 Å². The summed E-state index contributed by atoms with van der Waals surface area (Å²) < 4.78 is 10.6. The number of hydrogen-bond acceptors (Lipinski definition) is 6. The first kappa shape index (κ1) is 17.3. The number of rotatable bonds is 3. The fraction of sp³-hybridized carbons (Fsp3) is 0.421. The van der Waals surface area contributed by atoms with E-state index in [2.05, 4.69) is 15.6 Å². The Morgan fingerprint density at radius 1 is 1.18 bits per heavy atom. The van der Waals surface area contributed by atoms with Crippen LogP contribution in [0.1, 0.15) is 29.8 Å². The molecule has 3 heterocycles. The van der Waals surface area contributed by atoms with Gasteiger partial charge in [0.2, 0.25) is 12.7 Å². The third kappa shape index (κ3) is 3.26. The Morgan fingerprint density at radius 2 is 2.04 bits per heavy atom. The molecule has 0 saturated heterocycles. The van der Waals surface area contributed by atoms with E-state index in [9.17, 15) is 9.59 Å². The van der Waals surface area contributed by atoms with E-state index in [0.29, 0.717) is 41.8 Å². The summed E-state index contributed by atoms with van der Waals surface area (Å²) in [5.41, 5.74) is 1.64. The molecule has 0 bridgehead atoms. The van der Waals surface area contributed by atoms with Gasteiger partial charge in [-0.3, -0.25) is 4.79 Å². The number of carbonyl (C=O) groups excluding carboxylic acids is 2. The molecule has 9 heteroatoms. The van der Waals surface area contributed by atoms with Crippen LogP contribution in [0.15, 0.2) is 18.2 Å². The van der Waals surface area contributed by atoms with E-state index in [1.807, 2.05) is 0 Å². The van der Waals surface area contributed by atoms with Crippen LogP contribution in [0.5, 0.6) is 11.5 Å². The van der Waals surface area contributed by atoms with Gasteiger partial charge in [-0.05, 0) is 25.0 Å². The first-order valence-electron chi connectivity index (χ1n) is 9.41. The number of anilines is 2. The lowest BCUT2D eigenvalue weighted by molar-refractivity contribution is -0.122. The Labute approximate surface area is 165 Å². The lowest BCUT2D eigenvalue weighted by Crippen LogP contribution is -2.38. The molecule has 1 aromatic heterocycles. The van der Waals surface area contributed by atoms with Gasteiger partial charge in [0, 0.05) is 35.5 Å². The highest BCUT2D eigenvalue weighted by molar-refractivity contribution is 7.15. The zero-order chi connectivity index (χ0) is 19.1. The fourth-order valence-corrected chi connectivity index (χ4v) is 4.50. The number of amides is 3. The van der Waals surface area contributed by atoms with Gasteiger partial charge in [-0.2, -0.15) is 0 Å². The Bertz CT molecular complexity index is 940. The van der Waals surface area contributed by atoms with Gasteiger partial charge in [-0.1, -0.05) is 17.8 Å². The van der Waals surface area contributed by atoms with Crippen molar-refractivity contribution in [2.75, 3.05) is 24.0 Å². The van der Waals surface area contributed by atoms with Crippen molar-refractivity contribution in [1.29, 1.82) is 0 Å². The van der Waals surface area contributed by atoms with Crippen LogP contribution in [0.25, 0.3) is 0 Å². The number of nitrogens with zero attached hydrogens (tertiary/aromatic N) is 2. The number of aromatic nitrogens is 1. The molecule has 1 fully saturated rings. The summed E-state index contributed by atoms with van der Waals surface area (Å²) in [5, 5.41) is 6.48. The number of carbonyl (C=O) groups is 2. The molecular formula is C19H20N4O4S. The Morgan fingerprint density at radius 3 is 2.86 bits per heavy atom. The van der Waals surface area contributed by atoms with Crippen LogP contribution in [0.4, 0.5) is 15.6 Å². The van der Waals surface area contributed by atoms with Gasteiger partial charge in [0.25, 0.3) is 0 Å². The van der Waals surface area contributed by atoms with Crippen LogP contribution >= 0.6 is 11.3 Å². The second kappa shape index (κ2) is 6.97. The topological polar surface area (TPSA) is 92.8 Å². The van der Waals surface area contributed by atoms with Gasteiger partial charge in [0.15, 0.2) is 16.6 Å². The molecule has 2 aromatic rings. The average molecular weight is 400 g/mol. The van der Waals surface area contributed by atoms with E-state index in [0.717, 1.165) is 29.8 Å². The predicted octanol–water partition coefficient (Wildman–Crippen LogP) is 3.20. The molecule has 0 atom stereocenters. The quantitative estimate of drug-likeness (QED) is 0.825. The fourth-order valence-electron chi connectivity index (χ4n) is 3.48. The minimum absolute atomic E-state index is 0.0646. The van der Waals surface area contributed by atoms with Crippen LogP contribution in [0, 0.1) is 5.92 Å². The van der Waals surface area contributed by atoms with Crippen molar-refractivity contribution in [2.45, 2.75) is 32.2 Å². The van der Waals surface area contributed by atoms with Crippen molar-refractivity contribution in [1.82, 2.24) is 9.88 Å². The number of urea groups is 1. The summed E-state index contributed by atoms with van der Waals surface area (Å²) in [4.78, 5) is 32.1. The van der Waals surface area contributed by atoms with Crippen LogP contribution in [0.3, 0.4) is 0 Å². The summed E-state index contributed by atoms with van der Waals surface area (Å²) in [6, 6.07) is 5.17. The number of hydrogen-bond donors (Lipinski definition) is 2. The highest BCUT2D eigenvalue weighted by Gasteiger charge is 2.28. The van der Waals surface area contributed by atoms with E-state index in [1.54, 1.807) is 23.1 Å². The van der Waals surface area contributed by atoms with Gasteiger partial charge in [-0.25, -0.2) is 9.78 Å². The molecule has 28 heavy (non-hydrogen) atoms. The highest BCUT2D eigenvalue weighted by Crippen LogP contribution is 2.35. The number of nitrogens with one attached hydrogen (secondary N) is 2. The lowest BCUT2D eigenvalue weighted by Gasteiger charge is -2.26. The molecular weight excluding hydrogens is 380 g/mol. The molecule has 8 nitrogen and oxygen atoms in total.